The van der Waals surface area contributed by atoms with Crippen LogP contribution in [0, 0.1) is 0 Å². The van der Waals surface area contributed by atoms with E-state index in [2.05, 4.69) is 46.5 Å². The molecule has 1 aliphatic heterocycles. The van der Waals surface area contributed by atoms with Crippen molar-refractivity contribution in [3.63, 3.8) is 0 Å². The highest BCUT2D eigenvalue weighted by Crippen LogP contribution is 2.22. The molecule has 3 aromatic rings. The summed E-state index contributed by atoms with van der Waals surface area (Å²) < 4.78 is 0. The Morgan fingerprint density at radius 2 is 1.93 bits per heavy atom. The fourth-order valence-corrected chi connectivity index (χ4v) is 4.37. The Labute approximate surface area is 163 Å². The largest absolute Gasteiger partial charge is 0.361 e. The monoisotopic (exact) mass is 377 g/mol. The quantitative estimate of drug-likeness (QED) is 0.681. The van der Waals surface area contributed by atoms with Gasteiger partial charge in [0, 0.05) is 35.8 Å². The third kappa shape index (κ3) is 4.25. The van der Waals surface area contributed by atoms with Crippen LogP contribution in [0.5, 0.6) is 0 Å². The first kappa shape index (κ1) is 17.9. The Morgan fingerprint density at radius 3 is 2.81 bits per heavy atom. The fraction of sp³-hybridized carbons (Fsp3) is 0.273. The number of H-pyrrole nitrogens is 1. The molecule has 2 aromatic carbocycles. The Hall–Kier alpha value is -2.53. The van der Waals surface area contributed by atoms with Crippen molar-refractivity contribution >= 4 is 33.7 Å². The molecule has 4 nitrogen and oxygen atoms in total. The van der Waals surface area contributed by atoms with Gasteiger partial charge >= 0.3 is 0 Å². The predicted octanol–water partition coefficient (Wildman–Crippen LogP) is 4.62. The molecule has 1 fully saturated rings. The third-order valence-corrected chi connectivity index (χ3v) is 5.82. The number of carbonyl (C=O) groups is 1. The molecule has 2 heterocycles. The number of amides is 1. The van der Waals surface area contributed by atoms with Gasteiger partial charge in [-0.1, -0.05) is 60.3 Å². The van der Waals surface area contributed by atoms with E-state index in [0.29, 0.717) is 13.0 Å². The lowest BCUT2D eigenvalue weighted by Crippen LogP contribution is -2.31. The number of benzene rings is 2. The summed E-state index contributed by atoms with van der Waals surface area (Å²) in [5.41, 5.74) is 3.61. The first-order valence-corrected chi connectivity index (χ1v) is 10.4. The number of carbonyl (C=O) groups excluding carboxylic acids is 1. The van der Waals surface area contributed by atoms with Gasteiger partial charge in [0.25, 0.3) is 0 Å². The number of aliphatic imine (C=N–C) groups is 1. The van der Waals surface area contributed by atoms with E-state index in [1.165, 1.54) is 16.5 Å². The average molecular weight is 378 g/mol. The number of aryl methyl sites for hydroxylation is 1. The van der Waals surface area contributed by atoms with E-state index < -0.39 is 0 Å². The van der Waals surface area contributed by atoms with Crippen molar-refractivity contribution in [3.8, 4) is 0 Å². The summed E-state index contributed by atoms with van der Waals surface area (Å²) in [5, 5.41) is 2.13. The van der Waals surface area contributed by atoms with Crippen molar-refractivity contribution in [2.75, 3.05) is 12.3 Å². The van der Waals surface area contributed by atoms with Gasteiger partial charge in [0.2, 0.25) is 5.91 Å². The Kier molecular flexibility index (Phi) is 5.58. The van der Waals surface area contributed by atoms with Crippen LogP contribution in [0.2, 0.25) is 0 Å². The molecule has 1 aromatic heterocycles. The highest BCUT2D eigenvalue weighted by atomic mass is 32.2. The van der Waals surface area contributed by atoms with Crippen LogP contribution < -0.4 is 0 Å². The minimum absolute atomic E-state index is 0.187. The van der Waals surface area contributed by atoms with E-state index in [0.717, 1.165) is 35.8 Å². The Bertz CT molecular complexity index is 948. The number of nitrogens with one attached hydrogen (secondary N) is 1. The van der Waals surface area contributed by atoms with Gasteiger partial charge in [0.1, 0.15) is 0 Å². The van der Waals surface area contributed by atoms with E-state index in [1.54, 1.807) is 11.8 Å². The zero-order chi connectivity index (χ0) is 18.5. The summed E-state index contributed by atoms with van der Waals surface area (Å²) in [5.74, 6) is 1.12. The van der Waals surface area contributed by atoms with E-state index in [-0.39, 0.29) is 5.91 Å². The van der Waals surface area contributed by atoms with Gasteiger partial charge in [-0.15, -0.1) is 0 Å². The minimum Gasteiger partial charge on any atom is -0.361 e. The molecule has 1 aliphatic rings. The van der Waals surface area contributed by atoms with Gasteiger partial charge in [-0.25, -0.2) is 0 Å². The lowest BCUT2D eigenvalue weighted by Gasteiger charge is -2.16. The minimum atomic E-state index is 0.187. The first-order chi connectivity index (χ1) is 13.3. The summed E-state index contributed by atoms with van der Waals surface area (Å²) in [7, 11) is 0. The molecule has 1 N–H and O–H groups in total. The number of amidine groups is 1. The number of aromatic amines is 1. The van der Waals surface area contributed by atoms with Gasteiger partial charge in [-0.05, 0) is 30.0 Å². The smallest absolute Gasteiger partial charge is 0.228 e. The fourth-order valence-electron chi connectivity index (χ4n) is 3.41. The second kappa shape index (κ2) is 8.44. The summed E-state index contributed by atoms with van der Waals surface area (Å²) in [6, 6.07) is 18.5. The number of hydrogen-bond donors (Lipinski definition) is 1. The number of aromatic nitrogens is 1. The van der Waals surface area contributed by atoms with Crippen LogP contribution in [0.1, 0.15) is 24.0 Å². The van der Waals surface area contributed by atoms with Crippen molar-refractivity contribution < 1.29 is 4.79 Å². The average Bonchev–Trinajstić information content (AvgIpc) is 3.34. The van der Waals surface area contributed by atoms with Crippen LogP contribution in [0.25, 0.3) is 10.9 Å². The number of rotatable bonds is 6. The number of thioether (sulfide) groups is 1. The molecule has 0 radical (unpaired) electrons. The molecule has 5 heteroatoms. The normalized spacial score (nSPS) is 15.7. The van der Waals surface area contributed by atoms with Gasteiger partial charge in [0.15, 0.2) is 5.17 Å². The van der Waals surface area contributed by atoms with Gasteiger partial charge in [-0.2, -0.15) is 0 Å². The summed E-state index contributed by atoms with van der Waals surface area (Å²) >= 11 is 1.68. The molecule has 0 unspecified atom stereocenters. The zero-order valence-electron chi connectivity index (χ0n) is 15.2. The maximum absolute atomic E-state index is 12.7. The standard InChI is InChI=1S/C22H23N3OS/c26-21(12-6-9-18-16-23-20-11-5-4-10-19(18)20)25-13-14-27-22(25)24-15-17-7-2-1-3-8-17/h1-5,7-8,10-11,16,23H,6,9,12-15H2. The molecule has 0 bridgehead atoms. The topological polar surface area (TPSA) is 48.5 Å². The maximum atomic E-state index is 12.7. The predicted molar refractivity (Wildman–Crippen MR) is 113 cm³/mol. The van der Waals surface area contributed by atoms with Crippen LogP contribution in [-0.4, -0.2) is 33.3 Å². The van der Waals surface area contributed by atoms with Gasteiger partial charge in [-0.3, -0.25) is 14.7 Å². The van der Waals surface area contributed by atoms with Crippen molar-refractivity contribution in [2.24, 2.45) is 4.99 Å². The second-order valence-electron chi connectivity index (χ2n) is 6.69. The van der Waals surface area contributed by atoms with Crippen molar-refractivity contribution in [2.45, 2.75) is 25.8 Å². The van der Waals surface area contributed by atoms with E-state index in [9.17, 15) is 4.79 Å². The molecular formula is C22H23N3OS. The van der Waals surface area contributed by atoms with Crippen LogP contribution >= 0.6 is 11.8 Å². The highest BCUT2D eigenvalue weighted by Gasteiger charge is 2.25. The van der Waals surface area contributed by atoms with E-state index >= 15 is 0 Å². The van der Waals surface area contributed by atoms with Crippen LogP contribution in [-0.2, 0) is 17.8 Å². The maximum Gasteiger partial charge on any atom is 0.228 e. The molecule has 1 saturated heterocycles. The molecule has 0 spiro atoms. The number of para-hydroxylation sites is 1. The second-order valence-corrected chi connectivity index (χ2v) is 7.75. The van der Waals surface area contributed by atoms with E-state index in [1.807, 2.05) is 29.2 Å². The van der Waals surface area contributed by atoms with Crippen molar-refractivity contribution in [1.29, 1.82) is 0 Å². The molecule has 1 amide bonds. The zero-order valence-corrected chi connectivity index (χ0v) is 16.0. The summed E-state index contributed by atoms with van der Waals surface area (Å²) in [6.45, 7) is 1.40. The first-order valence-electron chi connectivity index (χ1n) is 9.38. The van der Waals surface area contributed by atoms with Crippen molar-refractivity contribution in [3.05, 3.63) is 71.9 Å². The van der Waals surface area contributed by atoms with E-state index in [4.69, 9.17) is 0 Å². The molecular weight excluding hydrogens is 354 g/mol. The molecule has 0 aliphatic carbocycles. The number of nitrogens with zero attached hydrogens (tertiary/aromatic N) is 2. The number of fused-ring (bicyclic) bond motifs is 1. The lowest BCUT2D eigenvalue weighted by atomic mass is 10.1. The molecule has 4 rings (SSSR count). The van der Waals surface area contributed by atoms with Crippen LogP contribution in [0.15, 0.2) is 65.8 Å². The van der Waals surface area contributed by atoms with Gasteiger partial charge in [0.05, 0.1) is 6.54 Å². The molecule has 27 heavy (non-hydrogen) atoms. The summed E-state index contributed by atoms with van der Waals surface area (Å²) in [6.07, 6.45) is 4.39. The Balaban J connectivity index is 1.33. The molecule has 138 valence electrons. The summed E-state index contributed by atoms with van der Waals surface area (Å²) in [4.78, 5) is 22.5. The van der Waals surface area contributed by atoms with Gasteiger partial charge < -0.3 is 4.98 Å². The SMILES string of the molecule is O=C(CCCc1c[nH]c2ccccc12)N1CCSC1=NCc1ccccc1. The molecule has 0 atom stereocenters. The number of hydrogen-bond acceptors (Lipinski definition) is 3. The third-order valence-electron chi connectivity index (χ3n) is 4.83. The lowest BCUT2D eigenvalue weighted by molar-refractivity contribution is -0.127. The highest BCUT2D eigenvalue weighted by molar-refractivity contribution is 8.14. The van der Waals surface area contributed by atoms with Crippen molar-refractivity contribution in [1.82, 2.24) is 9.88 Å². The van der Waals surface area contributed by atoms with Crippen LogP contribution in [0.4, 0.5) is 0 Å². The van der Waals surface area contributed by atoms with Crippen LogP contribution in [0.3, 0.4) is 0 Å². The Morgan fingerprint density at radius 1 is 1.11 bits per heavy atom. The molecule has 0 saturated carbocycles.